The molecule has 0 aliphatic carbocycles. The number of aromatic nitrogens is 4. The van der Waals surface area contributed by atoms with Crippen molar-refractivity contribution in [2.75, 3.05) is 25.5 Å². The van der Waals surface area contributed by atoms with E-state index in [1.807, 2.05) is 24.4 Å². The molecule has 0 bridgehead atoms. The van der Waals surface area contributed by atoms with Crippen LogP contribution in [-0.2, 0) is 0 Å². The summed E-state index contributed by atoms with van der Waals surface area (Å²) in [4.78, 5) is 9.31. The van der Waals surface area contributed by atoms with Gasteiger partial charge in [-0.3, -0.25) is 0 Å². The van der Waals surface area contributed by atoms with Crippen LogP contribution in [0.2, 0.25) is 0 Å². The second-order valence-corrected chi connectivity index (χ2v) is 7.70. The van der Waals surface area contributed by atoms with Crippen LogP contribution in [0.5, 0.6) is 11.8 Å². The van der Waals surface area contributed by atoms with Crippen molar-refractivity contribution in [1.29, 1.82) is 0 Å². The molecule has 2 atom stereocenters. The Morgan fingerprint density at radius 2 is 2.10 bits per heavy atom. The third kappa shape index (κ3) is 4.12. The van der Waals surface area contributed by atoms with Crippen molar-refractivity contribution in [2.45, 2.75) is 45.3 Å². The lowest BCUT2D eigenvalue weighted by Gasteiger charge is -2.18. The van der Waals surface area contributed by atoms with E-state index in [9.17, 15) is 0 Å². The van der Waals surface area contributed by atoms with Crippen molar-refractivity contribution < 1.29 is 9.47 Å². The largest absolute Gasteiger partial charge is 0.497 e. The van der Waals surface area contributed by atoms with Crippen LogP contribution >= 0.6 is 0 Å². The van der Waals surface area contributed by atoms with E-state index in [4.69, 9.17) is 9.47 Å². The van der Waals surface area contributed by atoms with E-state index in [2.05, 4.69) is 52.5 Å². The van der Waals surface area contributed by atoms with Gasteiger partial charge in [0, 0.05) is 12.1 Å². The standard InChI is InChI=1S/C21H28N6O2/c1-13(2)18-12-23-27-19(18)25-21(29-17-8-9-22-11-17)26-20(27)24-14(3)15-6-5-7-16(10-15)28-4/h5-7,10,12-14,17,22H,8-9,11H2,1-4H3,(H,24,25,26)/t14-,17+/m0/s1. The summed E-state index contributed by atoms with van der Waals surface area (Å²) >= 11 is 0. The number of fused-ring (bicyclic) bond motifs is 1. The topological polar surface area (TPSA) is 85.6 Å². The molecule has 0 spiro atoms. The minimum absolute atomic E-state index is 0.00380. The van der Waals surface area contributed by atoms with Gasteiger partial charge in [-0.1, -0.05) is 26.0 Å². The fourth-order valence-corrected chi connectivity index (χ4v) is 3.49. The van der Waals surface area contributed by atoms with Gasteiger partial charge in [-0.15, -0.1) is 0 Å². The molecule has 2 aromatic heterocycles. The van der Waals surface area contributed by atoms with E-state index in [-0.39, 0.29) is 12.1 Å². The highest BCUT2D eigenvalue weighted by Crippen LogP contribution is 2.26. The second-order valence-electron chi connectivity index (χ2n) is 7.70. The van der Waals surface area contributed by atoms with Gasteiger partial charge in [0.25, 0.3) is 0 Å². The van der Waals surface area contributed by atoms with E-state index in [1.165, 1.54) is 0 Å². The number of rotatable bonds is 7. The number of ether oxygens (including phenoxy) is 2. The number of methoxy groups -OCH3 is 1. The molecule has 8 heteroatoms. The zero-order valence-electron chi connectivity index (χ0n) is 17.3. The van der Waals surface area contributed by atoms with Crippen molar-refractivity contribution in [3.05, 3.63) is 41.6 Å². The van der Waals surface area contributed by atoms with E-state index in [1.54, 1.807) is 11.6 Å². The Balaban J connectivity index is 1.69. The summed E-state index contributed by atoms with van der Waals surface area (Å²) < 4.78 is 13.2. The van der Waals surface area contributed by atoms with Crippen LogP contribution in [0.1, 0.15) is 50.3 Å². The van der Waals surface area contributed by atoms with Crippen molar-refractivity contribution in [2.24, 2.45) is 0 Å². The molecule has 4 rings (SSSR count). The summed E-state index contributed by atoms with van der Waals surface area (Å²) in [6.07, 6.45) is 2.90. The number of hydrogen-bond acceptors (Lipinski definition) is 7. The molecular formula is C21H28N6O2. The van der Waals surface area contributed by atoms with Gasteiger partial charge in [0.2, 0.25) is 5.95 Å². The first-order valence-electron chi connectivity index (χ1n) is 10.1. The zero-order valence-corrected chi connectivity index (χ0v) is 17.3. The third-order valence-corrected chi connectivity index (χ3v) is 5.22. The maximum Gasteiger partial charge on any atom is 0.322 e. The number of nitrogens with zero attached hydrogens (tertiary/aromatic N) is 4. The average Bonchev–Trinajstić information content (AvgIpc) is 3.38. The van der Waals surface area contributed by atoms with E-state index in [0.717, 1.165) is 42.0 Å². The van der Waals surface area contributed by atoms with Crippen molar-refractivity contribution in [3.8, 4) is 11.8 Å². The van der Waals surface area contributed by atoms with Crippen LogP contribution in [-0.4, -0.2) is 45.9 Å². The first-order chi connectivity index (χ1) is 14.0. The summed E-state index contributed by atoms with van der Waals surface area (Å²) in [5, 5.41) is 11.3. The molecule has 3 heterocycles. The number of benzene rings is 1. The van der Waals surface area contributed by atoms with Crippen LogP contribution in [0.25, 0.3) is 5.65 Å². The van der Waals surface area contributed by atoms with Gasteiger partial charge in [0.1, 0.15) is 11.9 Å². The molecule has 0 radical (unpaired) electrons. The van der Waals surface area contributed by atoms with Crippen LogP contribution in [0.4, 0.5) is 5.95 Å². The highest BCUT2D eigenvalue weighted by Gasteiger charge is 2.21. The first kappa shape index (κ1) is 19.4. The lowest BCUT2D eigenvalue weighted by Crippen LogP contribution is -2.22. The van der Waals surface area contributed by atoms with Crippen LogP contribution in [0, 0.1) is 0 Å². The lowest BCUT2D eigenvalue weighted by atomic mass is 10.1. The van der Waals surface area contributed by atoms with E-state index < -0.39 is 0 Å². The molecule has 0 saturated carbocycles. The van der Waals surface area contributed by atoms with Gasteiger partial charge >= 0.3 is 6.01 Å². The molecule has 29 heavy (non-hydrogen) atoms. The van der Waals surface area contributed by atoms with Gasteiger partial charge in [-0.05, 0) is 43.5 Å². The van der Waals surface area contributed by atoms with Crippen LogP contribution in [0.3, 0.4) is 0 Å². The molecule has 1 aliphatic heterocycles. The Kier molecular flexibility index (Phi) is 5.53. The Morgan fingerprint density at radius 3 is 2.83 bits per heavy atom. The minimum atomic E-state index is -0.00380. The van der Waals surface area contributed by atoms with Crippen molar-refractivity contribution >= 4 is 11.6 Å². The first-order valence-corrected chi connectivity index (χ1v) is 10.1. The summed E-state index contributed by atoms with van der Waals surface area (Å²) in [7, 11) is 1.67. The molecule has 0 unspecified atom stereocenters. The van der Waals surface area contributed by atoms with Crippen molar-refractivity contribution in [3.63, 3.8) is 0 Å². The van der Waals surface area contributed by atoms with Crippen LogP contribution < -0.4 is 20.1 Å². The number of anilines is 1. The molecule has 0 amide bonds. The highest BCUT2D eigenvalue weighted by atomic mass is 16.5. The Bertz CT molecular complexity index is 980. The molecule has 1 aromatic carbocycles. The quantitative estimate of drug-likeness (QED) is 0.634. The molecule has 1 saturated heterocycles. The maximum atomic E-state index is 6.07. The monoisotopic (exact) mass is 396 g/mol. The molecule has 3 aromatic rings. The average molecular weight is 396 g/mol. The Morgan fingerprint density at radius 1 is 1.24 bits per heavy atom. The van der Waals surface area contributed by atoms with Gasteiger partial charge in [-0.2, -0.15) is 19.6 Å². The van der Waals surface area contributed by atoms with Gasteiger partial charge in [-0.25, -0.2) is 0 Å². The Hall–Kier alpha value is -2.87. The minimum Gasteiger partial charge on any atom is -0.497 e. The summed E-state index contributed by atoms with van der Waals surface area (Å²) in [5.41, 5.74) is 2.94. The summed E-state index contributed by atoms with van der Waals surface area (Å²) in [5.74, 6) is 1.73. The van der Waals surface area contributed by atoms with E-state index in [0.29, 0.717) is 17.9 Å². The predicted octanol–water partition coefficient (Wildman–Crippen LogP) is 3.17. The summed E-state index contributed by atoms with van der Waals surface area (Å²) in [6.45, 7) is 8.11. The SMILES string of the molecule is COc1cccc([C@H](C)Nc2nc(O[C@@H]3CCNC3)nc3c(C(C)C)cnn23)c1. The number of hydrogen-bond donors (Lipinski definition) is 2. The zero-order chi connectivity index (χ0) is 20.4. The molecule has 154 valence electrons. The second kappa shape index (κ2) is 8.24. The fourth-order valence-electron chi connectivity index (χ4n) is 3.49. The van der Waals surface area contributed by atoms with Crippen molar-refractivity contribution in [1.82, 2.24) is 24.9 Å². The smallest absolute Gasteiger partial charge is 0.322 e. The maximum absolute atomic E-state index is 6.07. The molecule has 1 aliphatic rings. The third-order valence-electron chi connectivity index (χ3n) is 5.22. The summed E-state index contributed by atoms with van der Waals surface area (Å²) in [6, 6.07) is 8.37. The van der Waals surface area contributed by atoms with Crippen LogP contribution in [0.15, 0.2) is 30.5 Å². The molecule has 1 fully saturated rings. The normalized spacial score (nSPS) is 17.6. The fraction of sp³-hybridized carbons (Fsp3) is 0.476. The molecular weight excluding hydrogens is 368 g/mol. The van der Waals surface area contributed by atoms with Gasteiger partial charge in [0.05, 0.1) is 19.3 Å². The number of nitrogens with one attached hydrogen (secondary N) is 2. The molecule has 2 N–H and O–H groups in total. The highest BCUT2D eigenvalue weighted by molar-refractivity contribution is 5.53. The Labute approximate surface area is 170 Å². The predicted molar refractivity (Wildman–Crippen MR) is 112 cm³/mol. The van der Waals surface area contributed by atoms with Gasteiger partial charge in [0.15, 0.2) is 5.65 Å². The lowest BCUT2D eigenvalue weighted by molar-refractivity contribution is 0.204. The van der Waals surface area contributed by atoms with Gasteiger partial charge < -0.3 is 20.1 Å². The molecule has 8 nitrogen and oxygen atoms in total. The van der Waals surface area contributed by atoms with E-state index >= 15 is 0 Å².